The van der Waals surface area contributed by atoms with E-state index in [1.165, 1.54) is 0 Å². The lowest BCUT2D eigenvalue weighted by molar-refractivity contribution is -0.117. The summed E-state index contributed by atoms with van der Waals surface area (Å²) in [5.74, 6) is -1.71. The second-order valence-electron chi connectivity index (χ2n) is 3.62. The molecule has 1 heterocycles. The minimum Gasteiger partial charge on any atom is -0.477 e. The standard InChI is InChI=1S/C11H9ClN2O3/c12-5-1-2-6-7(4-9(13)15)10(11(16)17)14-8(6)3-5/h1-3,14H,4H2,(H2,13,15)(H,16,17). The molecule has 0 aliphatic heterocycles. The molecule has 1 aromatic carbocycles. The molecule has 0 spiro atoms. The maximum absolute atomic E-state index is 11.0. The van der Waals surface area contributed by atoms with Gasteiger partial charge in [-0.1, -0.05) is 17.7 Å². The average molecular weight is 253 g/mol. The fraction of sp³-hybridized carbons (Fsp3) is 0.0909. The quantitative estimate of drug-likeness (QED) is 0.773. The number of fused-ring (bicyclic) bond motifs is 1. The first-order valence-electron chi connectivity index (χ1n) is 4.80. The molecule has 0 saturated carbocycles. The van der Waals surface area contributed by atoms with E-state index >= 15 is 0 Å². The monoisotopic (exact) mass is 252 g/mol. The van der Waals surface area contributed by atoms with Gasteiger partial charge in [-0.2, -0.15) is 0 Å². The van der Waals surface area contributed by atoms with Crippen LogP contribution in [0.4, 0.5) is 0 Å². The van der Waals surface area contributed by atoms with Crippen molar-refractivity contribution < 1.29 is 14.7 Å². The third-order valence-electron chi connectivity index (χ3n) is 2.43. The summed E-state index contributed by atoms with van der Waals surface area (Å²) in [5, 5.41) is 10.2. The summed E-state index contributed by atoms with van der Waals surface area (Å²) in [7, 11) is 0. The van der Waals surface area contributed by atoms with Crippen LogP contribution < -0.4 is 5.73 Å². The number of primary amides is 1. The number of aromatic carboxylic acids is 1. The number of amides is 1. The number of carboxylic acid groups (broad SMARTS) is 1. The van der Waals surface area contributed by atoms with Gasteiger partial charge in [-0.3, -0.25) is 4.79 Å². The van der Waals surface area contributed by atoms with Gasteiger partial charge < -0.3 is 15.8 Å². The Labute approximate surface area is 101 Å². The maximum Gasteiger partial charge on any atom is 0.352 e. The minimum atomic E-state index is -1.13. The van der Waals surface area contributed by atoms with E-state index in [9.17, 15) is 9.59 Å². The first-order valence-corrected chi connectivity index (χ1v) is 5.18. The Morgan fingerprint density at radius 3 is 2.71 bits per heavy atom. The number of nitrogens with two attached hydrogens (primary N) is 1. The molecule has 1 amide bonds. The fourth-order valence-electron chi connectivity index (χ4n) is 1.77. The zero-order valence-electron chi connectivity index (χ0n) is 8.66. The first kappa shape index (κ1) is 11.5. The molecule has 1 aromatic heterocycles. The second-order valence-corrected chi connectivity index (χ2v) is 4.05. The molecule has 2 aromatic rings. The van der Waals surface area contributed by atoms with Crippen LogP contribution in [0.2, 0.25) is 5.02 Å². The summed E-state index contributed by atoms with van der Waals surface area (Å²) < 4.78 is 0. The highest BCUT2D eigenvalue weighted by molar-refractivity contribution is 6.31. The van der Waals surface area contributed by atoms with Gasteiger partial charge in [0, 0.05) is 21.5 Å². The number of carbonyl (C=O) groups is 2. The smallest absolute Gasteiger partial charge is 0.352 e. The summed E-state index contributed by atoms with van der Waals surface area (Å²) >= 11 is 5.81. The number of aromatic amines is 1. The summed E-state index contributed by atoms with van der Waals surface area (Å²) in [4.78, 5) is 24.7. The van der Waals surface area contributed by atoms with Crippen molar-refractivity contribution in [1.29, 1.82) is 0 Å². The zero-order chi connectivity index (χ0) is 12.6. The summed E-state index contributed by atoms with van der Waals surface area (Å²) in [6.07, 6.45) is -0.122. The highest BCUT2D eigenvalue weighted by Gasteiger charge is 2.18. The molecule has 0 aliphatic carbocycles. The van der Waals surface area contributed by atoms with Gasteiger partial charge >= 0.3 is 5.97 Å². The number of carboxylic acids is 1. The van der Waals surface area contributed by atoms with E-state index in [1.54, 1.807) is 18.2 Å². The number of H-pyrrole nitrogens is 1. The van der Waals surface area contributed by atoms with Crippen LogP contribution in [0.5, 0.6) is 0 Å². The first-order chi connectivity index (χ1) is 7.99. The van der Waals surface area contributed by atoms with E-state index < -0.39 is 11.9 Å². The SMILES string of the molecule is NC(=O)Cc1c(C(=O)O)[nH]c2cc(Cl)ccc12. The number of aromatic nitrogens is 1. The van der Waals surface area contributed by atoms with Crippen LogP contribution in [-0.2, 0) is 11.2 Å². The second kappa shape index (κ2) is 4.10. The summed E-state index contributed by atoms with van der Waals surface area (Å²) in [6.45, 7) is 0. The van der Waals surface area contributed by atoms with Gasteiger partial charge in [0.15, 0.2) is 0 Å². The lowest BCUT2D eigenvalue weighted by atomic mass is 10.1. The van der Waals surface area contributed by atoms with Gasteiger partial charge in [-0.15, -0.1) is 0 Å². The van der Waals surface area contributed by atoms with Crippen LogP contribution in [0.3, 0.4) is 0 Å². The molecule has 4 N–H and O–H groups in total. The van der Waals surface area contributed by atoms with Crippen molar-refractivity contribution in [3.8, 4) is 0 Å². The molecule has 0 unspecified atom stereocenters. The van der Waals surface area contributed by atoms with Crippen LogP contribution in [0.15, 0.2) is 18.2 Å². The zero-order valence-corrected chi connectivity index (χ0v) is 9.41. The van der Waals surface area contributed by atoms with Gasteiger partial charge in [0.05, 0.1) is 6.42 Å². The Kier molecular flexibility index (Phi) is 2.77. The normalized spacial score (nSPS) is 10.6. The highest BCUT2D eigenvalue weighted by atomic mass is 35.5. The van der Waals surface area contributed by atoms with Gasteiger partial charge in [0.2, 0.25) is 5.91 Å². The summed E-state index contributed by atoms with van der Waals surface area (Å²) in [5.41, 5.74) is 6.04. The van der Waals surface area contributed by atoms with E-state index in [0.29, 0.717) is 21.5 Å². The molecule has 0 saturated heterocycles. The molecule has 0 radical (unpaired) electrons. The van der Waals surface area contributed by atoms with Crippen molar-refractivity contribution >= 4 is 34.4 Å². The molecular formula is C11H9ClN2O3. The Balaban J connectivity index is 2.71. The Morgan fingerprint density at radius 2 is 2.12 bits per heavy atom. The largest absolute Gasteiger partial charge is 0.477 e. The summed E-state index contributed by atoms with van der Waals surface area (Å²) in [6, 6.07) is 4.90. The van der Waals surface area contributed by atoms with E-state index in [2.05, 4.69) is 4.98 Å². The van der Waals surface area contributed by atoms with Crippen LogP contribution in [0.1, 0.15) is 16.1 Å². The molecule has 17 heavy (non-hydrogen) atoms. The fourth-order valence-corrected chi connectivity index (χ4v) is 1.94. The number of benzene rings is 1. The number of hydrogen-bond acceptors (Lipinski definition) is 2. The number of halogens is 1. The Bertz CT molecular complexity index is 618. The molecule has 0 fully saturated rings. The average Bonchev–Trinajstić information content (AvgIpc) is 2.55. The molecule has 0 atom stereocenters. The third kappa shape index (κ3) is 2.09. The molecule has 2 rings (SSSR count). The van der Waals surface area contributed by atoms with Crippen LogP contribution in [-0.4, -0.2) is 22.0 Å². The molecule has 5 nitrogen and oxygen atoms in total. The molecule has 88 valence electrons. The lowest BCUT2D eigenvalue weighted by Gasteiger charge is -1.97. The molecule has 6 heteroatoms. The van der Waals surface area contributed by atoms with Crippen molar-refractivity contribution in [2.24, 2.45) is 5.73 Å². The number of carbonyl (C=O) groups excluding carboxylic acids is 1. The van der Waals surface area contributed by atoms with E-state index in [4.69, 9.17) is 22.4 Å². The van der Waals surface area contributed by atoms with Crippen LogP contribution in [0, 0.1) is 0 Å². The number of nitrogens with one attached hydrogen (secondary N) is 1. The maximum atomic E-state index is 11.0. The molecule has 0 aliphatic rings. The van der Waals surface area contributed by atoms with Gasteiger partial charge in [-0.25, -0.2) is 4.79 Å². The van der Waals surface area contributed by atoms with Crippen molar-refractivity contribution in [3.63, 3.8) is 0 Å². The predicted molar refractivity (Wildman–Crippen MR) is 63.2 cm³/mol. The van der Waals surface area contributed by atoms with Crippen molar-refractivity contribution in [3.05, 3.63) is 34.5 Å². The van der Waals surface area contributed by atoms with E-state index in [0.717, 1.165) is 0 Å². The van der Waals surface area contributed by atoms with Crippen molar-refractivity contribution in [2.45, 2.75) is 6.42 Å². The predicted octanol–water partition coefficient (Wildman–Crippen LogP) is 1.55. The van der Waals surface area contributed by atoms with Gasteiger partial charge in [-0.05, 0) is 12.1 Å². The van der Waals surface area contributed by atoms with Gasteiger partial charge in [0.25, 0.3) is 0 Å². The van der Waals surface area contributed by atoms with Crippen LogP contribution >= 0.6 is 11.6 Å². The Morgan fingerprint density at radius 1 is 1.41 bits per heavy atom. The lowest BCUT2D eigenvalue weighted by Crippen LogP contribution is -2.15. The van der Waals surface area contributed by atoms with E-state index in [-0.39, 0.29) is 12.1 Å². The van der Waals surface area contributed by atoms with Gasteiger partial charge in [0.1, 0.15) is 5.69 Å². The molecular weight excluding hydrogens is 244 g/mol. The number of hydrogen-bond donors (Lipinski definition) is 3. The van der Waals surface area contributed by atoms with Crippen LogP contribution in [0.25, 0.3) is 10.9 Å². The third-order valence-corrected chi connectivity index (χ3v) is 2.67. The number of rotatable bonds is 3. The minimum absolute atomic E-state index is 0.0268. The van der Waals surface area contributed by atoms with Crippen molar-refractivity contribution in [2.75, 3.05) is 0 Å². The van der Waals surface area contributed by atoms with Crippen molar-refractivity contribution in [1.82, 2.24) is 4.98 Å². The Hall–Kier alpha value is -2.01. The topological polar surface area (TPSA) is 96.2 Å². The highest BCUT2D eigenvalue weighted by Crippen LogP contribution is 2.25. The molecule has 0 bridgehead atoms. The van der Waals surface area contributed by atoms with E-state index in [1.807, 2.05) is 0 Å².